The molecule has 0 aliphatic carbocycles. The Morgan fingerprint density at radius 1 is 1.18 bits per heavy atom. The number of amides is 2. The van der Waals surface area contributed by atoms with Gasteiger partial charge < -0.3 is 10.6 Å². The van der Waals surface area contributed by atoms with E-state index in [1.807, 2.05) is 0 Å². The van der Waals surface area contributed by atoms with Gasteiger partial charge in [-0.3, -0.25) is 14.7 Å². The summed E-state index contributed by atoms with van der Waals surface area (Å²) in [7, 11) is -3.87. The molecule has 0 radical (unpaired) electrons. The molecule has 0 spiro atoms. The third kappa shape index (κ3) is 3.47. The molecule has 0 atom stereocenters. The zero-order chi connectivity index (χ0) is 19.7. The van der Waals surface area contributed by atoms with Gasteiger partial charge in [-0.15, -0.1) is 0 Å². The average molecular weight is 399 g/mol. The van der Waals surface area contributed by atoms with Gasteiger partial charge in [0, 0.05) is 29.7 Å². The molecule has 3 N–H and O–H groups in total. The Balaban J connectivity index is 1.57. The van der Waals surface area contributed by atoms with E-state index in [4.69, 9.17) is 0 Å². The van der Waals surface area contributed by atoms with Crippen molar-refractivity contribution in [2.45, 2.75) is 4.90 Å². The van der Waals surface area contributed by atoms with Crippen molar-refractivity contribution >= 4 is 38.4 Å². The van der Waals surface area contributed by atoms with Crippen LogP contribution in [0, 0.1) is 0 Å². The summed E-state index contributed by atoms with van der Waals surface area (Å²) in [5.41, 5.74) is 1.62. The highest BCUT2D eigenvalue weighted by atomic mass is 32.2. The van der Waals surface area contributed by atoms with Gasteiger partial charge >= 0.3 is 0 Å². The van der Waals surface area contributed by atoms with Crippen molar-refractivity contribution in [2.75, 3.05) is 25.0 Å². The molecule has 3 aromatic rings. The number of carbonyl (C=O) groups excluding carboxylic acids is 2. The molecule has 0 unspecified atom stereocenters. The van der Waals surface area contributed by atoms with E-state index >= 15 is 0 Å². The fraction of sp³-hybridized carbons (Fsp3) is 0.167. The highest BCUT2D eigenvalue weighted by Gasteiger charge is 2.29. The number of aromatic nitrogens is 2. The summed E-state index contributed by atoms with van der Waals surface area (Å²) in [6.45, 7) is 0.216. The van der Waals surface area contributed by atoms with Gasteiger partial charge in [0.1, 0.15) is 0 Å². The number of hydrogen-bond donors (Lipinski definition) is 3. The maximum atomic E-state index is 12.8. The minimum Gasteiger partial charge on any atom is -0.354 e. The lowest BCUT2D eigenvalue weighted by Gasteiger charge is -2.26. The summed E-state index contributed by atoms with van der Waals surface area (Å²) in [4.78, 5) is 24.1. The Bertz CT molecular complexity index is 1170. The molecule has 10 heteroatoms. The van der Waals surface area contributed by atoms with Gasteiger partial charge in [-0.2, -0.15) is 9.40 Å². The van der Waals surface area contributed by atoms with Crippen LogP contribution in [0.3, 0.4) is 0 Å². The topological polar surface area (TPSA) is 124 Å². The maximum Gasteiger partial charge on any atom is 0.255 e. The van der Waals surface area contributed by atoms with Crippen molar-refractivity contribution in [3.05, 3.63) is 54.2 Å². The number of aromatic amines is 1. The highest BCUT2D eigenvalue weighted by molar-refractivity contribution is 7.89. The summed E-state index contributed by atoms with van der Waals surface area (Å²) in [6, 6.07) is 11.1. The molecule has 1 aliphatic heterocycles. The molecule has 0 saturated carbocycles. The monoisotopic (exact) mass is 399 g/mol. The average Bonchev–Trinajstić information content (AvgIpc) is 3.16. The van der Waals surface area contributed by atoms with Crippen molar-refractivity contribution in [1.82, 2.24) is 19.8 Å². The molecule has 2 aromatic carbocycles. The molecule has 1 aromatic heterocycles. The number of piperazine rings is 1. The van der Waals surface area contributed by atoms with Crippen LogP contribution in [0.4, 0.5) is 5.69 Å². The second-order valence-corrected chi connectivity index (χ2v) is 8.28. The first-order valence-corrected chi connectivity index (χ1v) is 9.99. The molecule has 2 amide bonds. The van der Waals surface area contributed by atoms with E-state index in [1.54, 1.807) is 24.4 Å². The van der Waals surface area contributed by atoms with Gasteiger partial charge in [0.05, 0.1) is 23.2 Å². The second-order valence-electron chi connectivity index (χ2n) is 6.34. The lowest BCUT2D eigenvalue weighted by Crippen LogP contribution is -2.49. The van der Waals surface area contributed by atoms with Crippen molar-refractivity contribution in [2.24, 2.45) is 0 Å². The van der Waals surface area contributed by atoms with Crippen LogP contribution in [0.5, 0.6) is 0 Å². The Morgan fingerprint density at radius 3 is 2.86 bits per heavy atom. The van der Waals surface area contributed by atoms with E-state index in [0.717, 1.165) is 15.2 Å². The summed E-state index contributed by atoms with van der Waals surface area (Å²) in [5.74, 6) is -0.783. The zero-order valence-corrected chi connectivity index (χ0v) is 15.5. The summed E-state index contributed by atoms with van der Waals surface area (Å²) < 4.78 is 26.7. The number of sulfonamides is 1. The number of hydrogen-bond acceptors (Lipinski definition) is 5. The predicted molar refractivity (Wildman–Crippen MR) is 102 cm³/mol. The predicted octanol–water partition coefficient (Wildman–Crippen LogP) is 0.936. The highest BCUT2D eigenvalue weighted by Crippen LogP contribution is 2.20. The molecule has 0 bridgehead atoms. The fourth-order valence-corrected chi connectivity index (χ4v) is 4.43. The van der Waals surface area contributed by atoms with E-state index in [1.165, 1.54) is 24.3 Å². The minimum absolute atomic E-state index is 0.0277. The Morgan fingerprint density at radius 2 is 2.04 bits per heavy atom. The van der Waals surface area contributed by atoms with E-state index in [2.05, 4.69) is 20.8 Å². The fourth-order valence-electron chi connectivity index (χ4n) is 2.99. The van der Waals surface area contributed by atoms with Gasteiger partial charge in [-0.05, 0) is 36.4 Å². The molecular formula is C18H17N5O4S. The number of H-pyrrole nitrogens is 1. The second kappa shape index (κ2) is 7.06. The van der Waals surface area contributed by atoms with Crippen LogP contribution >= 0.6 is 0 Å². The third-order valence-corrected chi connectivity index (χ3v) is 6.28. The first-order valence-electron chi connectivity index (χ1n) is 8.55. The van der Waals surface area contributed by atoms with Crippen molar-refractivity contribution < 1.29 is 18.0 Å². The lowest BCUT2D eigenvalue weighted by atomic mass is 10.2. The quantitative estimate of drug-likeness (QED) is 0.602. The molecular weight excluding hydrogens is 382 g/mol. The van der Waals surface area contributed by atoms with E-state index in [9.17, 15) is 18.0 Å². The Hall–Kier alpha value is -3.24. The lowest BCUT2D eigenvalue weighted by molar-refractivity contribution is -0.122. The first-order chi connectivity index (χ1) is 13.4. The van der Waals surface area contributed by atoms with Gasteiger partial charge in [0.25, 0.3) is 5.91 Å². The van der Waals surface area contributed by atoms with Gasteiger partial charge in [0.15, 0.2) is 0 Å². The smallest absolute Gasteiger partial charge is 0.255 e. The van der Waals surface area contributed by atoms with Crippen molar-refractivity contribution in [3.8, 4) is 0 Å². The van der Waals surface area contributed by atoms with E-state index in [-0.39, 0.29) is 36.0 Å². The first kappa shape index (κ1) is 18.1. The molecule has 2 heterocycles. The number of benzene rings is 2. The van der Waals surface area contributed by atoms with Crippen molar-refractivity contribution in [1.29, 1.82) is 0 Å². The maximum absolute atomic E-state index is 12.8. The number of carbonyl (C=O) groups is 2. The third-order valence-electron chi connectivity index (χ3n) is 4.44. The largest absolute Gasteiger partial charge is 0.354 e. The molecule has 9 nitrogen and oxygen atoms in total. The van der Waals surface area contributed by atoms with E-state index < -0.39 is 15.9 Å². The summed E-state index contributed by atoms with van der Waals surface area (Å²) in [6.07, 6.45) is 1.65. The van der Waals surface area contributed by atoms with Gasteiger partial charge in [-0.1, -0.05) is 6.07 Å². The van der Waals surface area contributed by atoms with Crippen LogP contribution < -0.4 is 10.6 Å². The van der Waals surface area contributed by atoms with Crippen LogP contribution in [-0.2, 0) is 14.8 Å². The molecule has 1 saturated heterocycles. The number of fused-ring (bicyclic) bond motifs is 1. The molecule has 28 heavy (non-hydrogen) atoms. The van der Waals surface area contributed by atoms with Crippen LogP contribution in [0.1, 0.15) is 10.4 Å². The van der Waals surface area contributed by atoms with Crippen LogP contribution in [0.15, 0.2) is 53.6 Å². The number of nitrogens with zero attached hydrogens (tertiary/aromatic N) is 2. The normalized spacial score (nSPS) is 15.4. The SMILES string of the molecule is O=C1CN(S(=O)(=O)c2cccc(C(=O)Nc3ccc4[nH]ncc4c3)c2)CCN1. The van der Waals surface area contributed by atoms with Gasteiger partial charge in [0.2, 0.25) is 15.9 Å². The number of nitrogens with one attached hydrogen (secondary N) is 3. The molecule has 4 rings (SSSR count). The Labute approximate surface area is 160 Å². The molecule has 144 valence electrons. The van der Waals surface area contributed by atoms with Crippen LogP contribution in [-0.4, -0.2) is 54.4 Å². The van der Waals surface area contributed by atoms with Crippen LogP contribution in [0.25, 0.3) is 10.9 Å². The summed E-state index contributed by atoms with van der Waals surface area (Å²) >= 11 is 0. The minimum atomic E-state index is -3.87. The summed E-state index contributed by atoms with van der Waals surface area (Å²) in [5, 5.41) is 12.9. The van der Waals surface area contributed by atoms with Crippen LogP contribution in [0.2, 0.25) is 0 Å². The standard InChI is InChI=1S/C18H17N5O4S/c24-17-11-23(7-6-19-17)28(26,27)15-3-1-2-12(9-15)18(25)21-14-4-5-16-13(8-14)10-20-22-16/h1-5,8-10H,6-7,11H2,(H,19,24)(H,20,22)(H,21,25). The Kier molecular flexibility index (Phi) is 4.57. The van der Waals surface area contributed by atoms with E-state index in [0.29, 0.717) is 5.69 Å². The molecule has 1 aliphatic rings. The molecule has 1 fully saturated rings. The van der Waals surface area contributed by atoms with Crippen molar-refractivity contribution in [3.63, 3.8) is 0 Å². The zero-order valence-electron chi connectivity index (χ0n) is 14.7. The number of anilines is 1. The van der Waals surface area contributed by atoms with Gasteiger partial charge in [-0.25, -0.2) is 8.42 Å². The number of rotatable bonds is 4.